The van der Waals surface area contributed by atoms with E-state index < -0.39 is 10.0 Å². The highest BCUT2D eigenvalue weighted by Crippen LogP contribution is 2.10. The van der Waals surface area contributed by atoms with Crippen LogP contribution in [0, 0.1) is 6.92 Å². The number of anilines is 1. The SMILES string of the molecule is CNc1ccc(S(=O)(=O)NCCc2cccc(C)c2)cn1. The molecule has 0 unspecified atom stereocenters. The summed E-state index contributed by atoms with van der Waals surface area (Å²) in [6.07, 6.45) is 2.00. The molecule has 0 aliphatic rings. The van der Waals surface area contributed by atoms with Crippen LogP contribution in [0.25, 0.3) is 0 Å². The minimum absolute atomic E-state index is 0.172. The predicted molar refractivity (Wildman–Crippen MR) is 83.9 cm³/mol. The summed E-state index contributed by atoms with van der Waals surface area (Å²) >= 11 is 0. The molecule has 6 heteroatoms. The van der Waals surface area contributed by atoms with Gasteiger partial charge in [0.15, 0.2) is 0 Å². The van der Waals surface area contributed by atoms with Gasteiger partial charge in [-0.2, -0.15) is 0 Å². The monoisotopic (exact) mass is 305 g/mol. The highest BCUT2D eigenvalue weighted by atomic mass is 32.2. The Kier molecular flexibility index (Phi) is 4.93. The summed E-state index contributed by atoms with van der Waals surface area (Å²) in [7, 11) is -1.77. The number of rotatable bonds is 6. The molecule has 5 nitrogen and oxygen atoms in total. The van der Waals surface area contributed by atoms with Crippen molar-refractivity contribution in [2.45, 2.75) is 18.2 Å². The zero-order valence-electron chi connectivity index (χ0n) is 12.1. The third kappa shape index (κ3) is 4.27. The first kappa shape index (κ1) is 15.5. The number of aryl methyl sites for hydroxylation is 1. The third-order valence-electron chi connectivity index (χ3n) is 3.09. The quantitative estimate of drug-likeness (QED) is 0.856. The van der Waals surface area contributed by atoms with Crippen molar-refractivity contribution in [3.05, 3.63) is 53.7 Å². The first-order valence-electron chi connectivity index (χ1n) is 6.70. The van der Waals surface area contributed by atoms with Gasteiger partial charge >= 0.3 is 0 Å². The van der Waals surface area contributed by atoms with Crippen LogP contribution in [-0.4, -0.2) is 27.0 Å². The molecule has 0 saturated carbocycles. The second-order valence-electron chi connectivity index (χ2n) is 4.77. The number of benzene rings is 1. The Morgan fingerprint density at radius 2 is 2.00 bits per heavy atom. The number of aromatic nitrogens is 1. The van der Waals surface area contributed by atoms with Gasteiger partial charge in [0.1, 0.15) is 10.7 Å². The van der Waals surface area contributed by atoms with Crippen molar-refractivity contribution in [1.29, 1.82) is 0 Å². The maximum Gasteiger partial charge on any atom is 0.242 e. The van der Waals surface area contributed by atoms with E-state index >= 15 is 0 Å². The van der Waals surface area contributed by atoms with Gasteiger partial charge in [-0.15, -0.1) is 0 Å². The number of nitrogens with one attached hydrogen (secondary N) is 2. The Morgan fingerprint density at radius 1 is 1.19 bits per heavy atom. The minimum atomic E-state index is -3.51. The van der Waals surface area contributed by atoms with Gasteiger partial charge in [-0.3, -0.25) is 0 Å². The maximum atomic E-state index is 12.1. The van der Waals surface area contributed by atoms with Gasteiger partial charge in [0.25, 0.3) is 0 Å². The summed E-state index contributed by atoms with van der Waals surface area (Å²) in [6.45, 7) is 2.38. The Balaban J connectivity index is 1.97. The lowest BCUT2D eigenvalue weighted by atomic mass is 10.1. The second-order valence-corrected chi connectivity index (χ2v) is 6.53. The fourth-order valence-electron chi connectivity index (χ4n) is 1.97. The van der Waals surface area contributed by atoms with Crippen molar-refractivity contribution >= 4 is 15.8 Å². The lowest BCUT2D eigenvalue weighted by Gasteiger charge is -2.07. The van der Waals surface area contributed by atoms with Crippen LogP contribution in [0.1, 0.15) is 11.1 Å². The molecule has 1 aromatic carbocycles. The van der Waals surface area contributed by atoms with Crippen molar-refractivity contribution in [2.75, 3.05) is 18.9 Å². The highest BCUT2D eigenvalue weighted by Gasteiger charge is 2.13. The molecule has 1 aromatic heterocycles. The van der Waals surface area contributed by atoms with Crippen LogP contribution in [0.3, 0.4) is 0 Å². The molecule has 2 N–H and O–H groups in total. The molecule has 0 spiro atoms. The topological polar surface area (TPSA) is 71.1 Å². The van der Waals surface area contributed by atoms with Gasteiger partial charge in [0, 0.05) is 19.8 Å². The van der Waals surface area contributed by atoms with Gasteiger partial charge in [-0.05, 0) is 31.0 Å². The molecule has 0 saturated heterocycles. The standard InChI is InChI=1S/C15H19N3O2S/c1-12-4-3-5-13(10-12)8-9-18-21(19,20)14-6-7-15(16-2)17-11-14/h3-7,10-11,18H,8-9H2,1-2H3,(H,16,17). The summed E-state index contributed by atoms with van der Waals surface area (Å²) < 4.78 is 26.8. The molecule has 0 atom stereocenters. The van der Waals surface area contributed by atoms with E-state index in [0.717, 1.165) is 5.56 Å². The Bertz CT molecular complexity index is 697. The minimum Gasteiger partial charge on any atom is -0.373 e. The van der Waals surface area contributed by atoms with Gasteiger partial charge < -0.3 is 5.32 Å². The van der Waals surface area contributed by atoms with E-state index in [4.69, 9.17) is 0 Å². The average molecular weight is 305 g/mol. The Morgan fingerprint density at radius 3 is 2.62 bits per heavy atom. The van der Waals surface area contributed by atoms with Crippen LogP contribution < -0.4 is 10.0 Å². The van der Waals surface area contributed by atoms with Crippen molar-refractivity contribution < 1.29 is 8.42 Å². The van der Waals surface area contributed by atoms with Crippen LogP contribution in [0.15, 0.2) is 47.5 Å². The van der Waals surface area contributed by atoms with E-state index in [1.807, 2.05) is 25.1 Å². The number of hydrogen-bond donors (Lipinski definition) is 2. The molecule has 2 aromatic rings. The van der Waals surface area contributed by atoms with Crippen molar-refractivity contribution in [3.63, 3.8) is 0 Å². The largest absolute Gasteiger partial charge is 0.373 e. The molecule has 0 bridgehead atoms. The molecule has 112 valence electrons. The van der Waals surface area contributed by atoms with E-state index in [1.165, 1.54) is 17.8 Å². The van der Waals surface area contributed by atoms with E-state index in [-0.39, 0.29) is 4.90 Å². The van der Waals surface area contributed by atoms with E-state index in [0.29, 0.717) is 18.8 Å². The van der Waals surface area contributed by atoms with E-state index in [1.54, 1.807) is 13.1 Å². The summed E-state index contributed by atoms with van der Waals surface area (Å²) in [5.41, 5.74) is 2.28. The average Bonchev–Trinajstić information content (AvgIpc) is 2.47. The summed E-state index contributed by atoms with van der Waals surface area (Å²) in [6, 6.07) is 11.2. The molecular formula is C15H19N3O2S. The normalized spacial score (nSPS) is 11.3. The molecular weight excluding hydrogens is 286 g/mol. The smallest absolute Gasteiger partial charge is 0.242 e. The molecule has 0 amide bonds. The Hall–Kier alpha value is -1.92. The van der Waals surface area contributed by atoms with Crippen LogP contribution in [0.4, 0.5) is 5.82 Å². The van der Waals surface area contributed by atoms with Crippen LogP contribution in [0.2, 0.25) is 0 Å². The molecule has 0 fully saturated rings. The number of pyridine rings is 1. The van der Waals surface area contributed by atoms with E-state index in [2.05, 4.69) is 21.1 Å². The molecule has 1 heterocycles. The van der Waals surface area contributed by atoms with Gasteiger partial charge in [0.05, 0.1) is 0 Å². The van der Waals surface area contributed by atoms with Crippen molar-refractivity contribution in [3.8, 4) is 0 Å². The maximum absolute atomic E-state index is 12.1. The number of nitrogens with zero attached hydrogens (tertiary/aromatic N) is 1. The van der Waals surface area contributed by atoms with Crippen LogP contribution in [-0.2, 0) is 16.4 Å². The zero-order valence-corrected chi connectivity index (χ0v) is 12.9. The fourth-order valence-corrected chi connectivity index (χ4v) is 2.94. The van der Waals surface area contributed by atoms with Crippen LogP contribution in [0.5, 0.6) is 0 Å². The van der Waals surface area contributed by atoms with Gasteiger partial charge in [-0.25, -0.2) is 18.1 Å². The number of hydrogen-bond acceptors (Lipinski definition) is 4. The molecule has 0 aliphatic heterocycles. The number of sulfonamides is 1. The first-order chi connectivity index (χ1) is 10.0. The molecule has 2 rings (SSSR count). The predicted octanol–water partition coefficient (Wildman–Crippen LogP) is 1.95. The lowest BCUT2D eigenvalue weighted by Crippen LogP contribution is -2.26. The second kappa shape index (κ2) is 6.69. The summed E-state index contributed by atoms with van der Waals surface area (Å²) in [5.74, 6) is 0.633. The third-order valence-corrected chi connectivity index (χ3v) is 4.54. The highest BCUT2D eigenvalue weighted by molar-refractivity contribution is 7.89. The zero-order chi connectivity index (χ0) is 15.3. The van der Waals surface area contributed by atoms with Crippen molar-refractivity contribution in [1.82, 2.24) is 9.71 Å². The summed E-state index contributed by atoms with van der Waals surface area (Å²) in [4.78, 5) is 4.18. The molecule has 0 radical (unpaired) electrons. The molecule has 21 heavy (non-hydrogen) atoms. The van der Waals surface area contributed by atoms with Crippen LogP contribution >= 0.6 is 0 Å². The first-order valence-corrected chi connectivity index (χ1v) is 8.18. The lowest BCUT2D eigenvalue weighted by molar-refractivity contribution is 0.581. The van der Waals surface area contributed by atoms with E-state index in [9.17, 15) is 8.42 Å². The van der Waals surface area contributed by atoms with Crippen molar-refractivity contribution in [2.24, 2.45) is 0 Å². The molecule has 0 aliphatic carbocycles. The van der Waals surface area contributed by atoms with Gasteiger partial charge in [0.2, 0.25) is 10.0 Å². The summed E-state index contributed by atoms with van der Waals surface area (Å²) in [5, 5.41) is 2.85. The van der Waals surface area contributed by atoms with Gasteiger partial charge in [-0.1, -0.05) is 29.8 Å². The fraction of sp³-hybridized carbons (Fsp3) is 0.267. The Labute approximate surface area is 125 Å².